The molecular weight excluding hydrogens is 459 g/mol. The zero-order chi connectivity index (χ0) is 24.7. The minimum Gasteiger partial charge on any atom is -0.399 e. The van der Waals surface area contributed by atoms with Crippen LogP contribution in [0.25, 0.3) is 52.8 Å². The van der Waals surface area contributed by atoms with Crippen molar-refractivity contribution in [3.63, 3.8) is 0 Å². The Morgan fingerprint density at radius 2 is 1.22 bits per heavy atom. The Hall–Kier alpha value is -3.18. The van der Waals surface area contributed by atoms with Crippen molar-refractivity contribution >= 4 is 65.6 Å². The lowest BCUT2D eigenvalue weighted by Gasteiger charge is -2.32. The Bertz CT molecular complexity index is 1800. The van der Waals surface area contributed by atoms with E-state index in [0.717, 1.165) is 5.46 Å². The maximum atomic E-state index is 6.53. The quantitative estimate of drug-likeness (QED) is 0.229. The fourth-order valence-corrected chi connectivity index (χ4v) is 6.51. The number of rotatable bonds is 2. The van der Waals surface area contributed by atoms with Gasteiger partial charge in [0, 0.05) is 20.2 Å². The largest absolute Gasteiger partial charge is 0.495 e. The molecule has 6 aromatic rings. The SMILES string of the molecule is CC1(C)OB(c2ccc3ccccc3c2-c2ccc3sc4cc5ccccc5cc4c3c2)OC1(C)C. The third-order valence-electron chi connectivity index (χ3n) is 8.09. The molecule has 1 aliphatic rings. The van der Waals surface area contributed by atoms with Crippen molar-refractivity contribution in [1.82, 2.24) is 0 Å². The van der Waals surface area contributed by atoms with Gasteiger partial charge in [0.2, 0.25) is 0 Å². The third-order valence-corrected chi connectivity index (χ3v) is 9.23. The lowest BCUT2D eigenvalue weighted by atomic mass is 9.73. The summed E-state index contributed by atoms with van der Waals surface area (Å²) in [6, 6.07) is 33.1. The van der Waals surface area contributed by atoms with E-state index in [1.807, 2.05) is 11.3 Å². The zero-order valence-electron chi connectivity index (χ0n) is 21.0. The van der Waals surface area contributed by atoms with Crippen LogP contribution in [-0.4, -0.2) is 18.3 Å². The molecule has 1 aliphatic heterocycles. The van der Waals surface area contributed by atoms with E-state index in [2.05, 4.69) is 119 Å². The van der Waals surface area contributed by atoms with Crippen LogP contribution in [0.3, 0.4) is 0 Å². The van der Waals surface area contributed by atoms with Crippen molar-refractivity contribution in [2.75, 3.05) is 0 Å². The van der Waals surface area contributed by atoms with Gasteiger partial charge in [-0.05, 0) is 90.1 Å². The monoisotopic (exact) mass is 486 g/mol. The fraction of sp³-hybridized carbons (Fsp3) is 0.188. The van der Waals surface area contributed by atoms with Gasteiger partial charge in [0.1, 0.15) is 0 Å². The predicted octanol–water partition coefficient (Wildman–Crippen LogP) is 8.33. The van der Waals surface area contributed by atoms with Crippen LogP contribution in [0.2, 0.25) is 0 Å². The summed E-state index contributed by atoms with van der Waals surface area (Å²) >= 11 is 1.86. The van der Waals surface area contributed by atoms with Gasteiger partial charge in [-0.3, -0.25) is 0 Å². The third kappa shape index (κ3) is 3.25. The lowest BCUT2D eigenvalue weighted by molar-refractivity contribution is 0.00578. The molecule has 0 saturated carbocycles. The molecule has 0 spiro atoms. The molecule has 0 N–H and O–H groups in total. The Morgan fingerprint density at radius 1 is 0.583 bits per heavy atom. The molecule has 36 heavy (non-hydrogen) atoms. The van der Waals surface area contributed by atoms with E-state index < -0.39 is 18.3 Å². The fourth-order valence-electron chi connectivity index (χ4n) is 5.39. The second kappa shape index (κ2) is 7.66. The van der Waals surface area contributed by atoms with Gasteiger partial charge in [-0.15, -0.1) is 11.3 Å². The van der Waals surface area contributed by atoms with Gasteiger partial charge in [-0.25, -0.2) is 0 Å². The molecule has 4 heteroatoms. The maximum absolute atomic E-state index is 6.53. The molecule has 1 saturated heterocycles. The van der Waals surface area contributed by atoms with E-state index in [0.29, 0.717) is 0 Å². The first kappa shape index (κ1) is 22.1. The highest BCUT2D eigenvalue weighted by Crippen LogP contribution is 2.41. The summed E-state index contributed by atoms with van der Waals surface area (Å²) < 4.78 is 15.7. The number of thiophene rings is 1. The predicted molar refractivity (Wildman–Crippen MR) is 155 cm³/mol. The number of hydrogen-bond acceptors (Lipinski definition) is 3. The summed E-state index contributed by atoms with van der Waals surface area (Å²) in [7, 11) is -0.423. The molecule has 0 bridgehead atoms. The molecule has 0 aliphatic carbocycles. The highest BCUT2D eigenvalue weighted by atomic mass is 32.1. The highest BCUT2D eigenvalue weighted by molar-refractivity contribution is 7.25. The summed E-state index contributed by atoms with van der Waals surface area (Å²) in [5.74, 6) is 0. The van der Waals surface area contributed by atoms with E-state index in [1.165, 1.54) is 52.8 Å². The van der Waals surface area contributed by atoms with Crippen LogP contribution in [0.15, 0.2) is 91.0 Å². The first-order chi connectivity index (χ1) is 17.3. The highest BCUT2D eigenvalue weighted by Gasteiger charge is 2.52. The molecule has 1 aromatic heterocycles. The molecule has 176 valence electrons. The second-order valence-corrected chi connectivity index (χ2v) is 11.9. The summed E-state index contributed by atoms with van der Waals surface area (Å²) in [5, 5.41) is 7.61. The molecular formula is C32H27BO2S. The maximum Gasteiger partial charge on any atom is 0.495 e. The van der Waals surface area contributed by atoms with Crippen LogP contribution < -0.4 is 5.46 Å². The van der Waals surface area contributed by atoms with Crippen LogP contribution in [0.1, 0.15) is 27.7 Å². The minimum atomic E-state index is -0.423. The van der Waals surface area contributed by atoms with E-state index in [9.17, 15) is 0 Å². The Balaban J connectivity index is 1.48. The van der Waals surface area contributed by atoms with Crippen molar-refractivity contribution in [2.24, 2.45) is 0 Å². The standard InChI is InChI=1S/C32H27BO2S/c1-31(2)32(3,4)35-33(34-31)27-15-13-20-9-7-8-12-24(20)30(27)23-14-16-28-25(18-23)26-17-21-10-5-6-11-22(21)19-29(26)36-28/h5-19H,1-4H3. The Morgan fingerprint density at radius 3 is 1.97 bits per heavy atom. The minimum absolute atomic E-state index is 0.394. The molecule has 0 radical (unpaired) electrons. The molecule has 7 rings (SSSR count). The van der Waals surface area contributed by atoms with Gasteiger partial charge in [-0.1, -0.05) is 66.7 Å². The van der Waals surface area contributed by atoms with Gasteiger partial charge in [0.05, 0.1) is 11.2 Å². The number of hydrogen-bond donors (Lipinski definition) is 0. The van der Waals surface area contributed by atoms with Gasteiger partial charge in [0.25, 0.3) is 0 Å². The van der Waals surface area contributed by atoms with Crippen LogP contribution in [-0.2, 0) is 9.31 Å². The number of benzene rings is 5. The van der Waals surface area contributed by atoms with Crippen LogP contribution in [0.5, 0.6) is 0 Å². The van der Waals surface area contributed by atoms with Crippen LogP contribution in [0.4, 0.5) is 0 Å². The molecule has 0 atom stereocenters. The first-order valence-corrected chi connectivity index (χ1v) is 13.4. The van der Waals surface area contributed by atoms with Crippen molar-refractivity contribution in [3.05, 3.63) is 91.0 Å². The average Bonchev–Trinajstić information content (AvgIpc) is 3.33. The summed E-state index contributed by atoms with van der Waals surface area (Å²) in [4.78, 5) is 0. The van der Waals surface area contributed by atoms with Gasteiger partial charge in [-0.2, -0.15) is 0 Å². The lowest BCUT2D eigenvalue weighted by Crippen LogP contribution is -2.41. The van der Waals surface area contributed by atoms with Crippen molar-refractivity contribution < 1.29 is 9.31 Å². The second-order valence-electron chi connectivity index (χ2n) is 10.8. The van der Waals surface area contributed by atoms with Crippen molar-refractivity contribution in [2.45, 2.75) is 38.9 Å². The van der Waals surface area contributed by atoms with Crippen LogP contribution in [0, 0.1) is 0 Å². The summed E-state index contributed by atoms with van der Waals surface area (Å²) in [5.41, 5.74) is 2.67. The van der Waals surface area contributed by atoms with E-state index in [1.54, 1.807) is 0 Å². The summed E-state index contributed by atoms with van der Waals surface area (Å²) in [6.07, 6.45) is 0. The van der Waals surface area contributed by atoms with E-state index in [-0.39, 0.29) is 0 Å². The molecule has 0 unspecified atom stereocenters. The number of fused-ring (bicyclic) bond motifs is 5. The van der Waals surface area contributed by atoms with Gasteiger partial charge >= 0.3 is 7.12 Å². The summed E-state index contributed by atoms with van der Waals surface area (Å²) in [6.45, 7) is 8.45. The van der Waals surface area contributed by atoms with E-state index in [4.69, 9.17) is 9.31 Å². The zero-order valence-corrected chi connectivity index (χ0v) is 21.8. The Labute approximate surface area is 215 Å². The Kier molecular flexibility index (Phi) is 4.69. The molecule has 5 aromatic carbocycles. The van der Waals surface area contributed by atoms with Crippen molar-refractivity contribution in [3.8, 4) is 11.1 Å². The topological polar surface area (TPSA) is 18.5 Å². The molecule has 2 nitrogen and oxygen atoms in total. The average molecular weight is 486 g/mol. The smallest absolute Gasteiger partial charge is 0.399 e. The first-order valence-electron chi connectivity index (χ1n) is 12.5. The molecule has 1 fully saturated rings. The molecule has 0 amide bonds. The van der Waals surface area contributed by atoms with Crippen LogP contribution >= 0.6 is 11.3 Å². The van der Waals surface area contributed by atoms with Gasteiger partial charge in [0.15, 0.2) is 0 Å². The van der Waals surface area contributed by atoms with E-state index >= 15 is 0 Å². The normalized spacial score (nSPS) is 17.1. The van der Waals surface area contributed by atoms with Gasteiger partial charge < -0.3 is 9.31 Å². The molecule has 2 heterocycles. The van der Waals surface area contributed by atoms with Crippen molar-refractivity contribution in [1.29, 1.82) is 0 Å².